The number of aromatic nitrogens is 3. The average Bonchev–Trinajstić information content (AvgIpc) is 3.31. The van der Waals surface area contributed by atoms with E-state index >= 15 is 0 Å². The highest BCUT2D eigenvalue weighted by atomic mass is 35.5. The Morgan fingerprint density at radius 3 is 2.59 bits per heavy atom. The lowest BCUT2D eigenvalue weighted by atomic mass is 10.1. The van der Waals surface area contributed by atoms with Crippen molar-refractivity contribution < 1.29 is 0 Å². The molecule has 0 radical (unpaired) electrons. The van der Waals surface area contributed by atoms with Crippen molar-refractivity contribution in [2.45, 2.75) is 6.92 Å². The normalized spacial score (nSPS) is 12.4. The van der Waals surface area contributed by atoms with Crippen LogP contribution in [0.15, 0.2) is 53.3 Å². The van der Waals surface area contributed by atoms with Crippen LogP contribution in [0.4, 0.5) is 0 Å². The Morgan fingerprint density at radius 2 is 1.85 bits per heavy atom. The zero-order valence-corrected chi connectivity index (χ0v) is 16.5. The summed E-state index contributed by atoms with van der Waals surface area (Å²) in [5, 5.41) is 6.04. The molecule has 27 heavy (non-hydrogen) atoms. The minimum absolute atomic E-state index is 0.161. The van der Waals surface area contributed by atoms with Crippen LogP contribution in [0.3, 0.4) is 0 Å². The largest absolute Gasteiger partial charge is 0.291 e. The number of nitrogens with zero attached hydrogens (tertiary/aromatic N) is 3. The van der Waals surface area contributed by atoms with Gasteiger partial charge in [-0.25, -0.2) is 0 Å². The predicted molar refractivity (Wildman–Crippen MR) is 113 cm³/mol. The third kappa shape index (κ3) is 2.77. The van der Waals surface area contributed by atoms with E-state index in [1.807, 2.05) is 61.5 Å². The van der Waals surface area contributed by atoms with Crippen LogP contribution in [-0.4, -0.2) is 14.6 Å². The molecule has 0 saturated heterocycles. The summed E-state index contributed by atoms with van der Waals surface area (Å²) in [6.07, 6.45) is 1.87. The topological polar surface area (TPSA) is 47.3 Å². The number of benzene rings is 2. The van der Waals surface area contributed by atoms with Gasteiger partial charge in [0.2, 0.25) is 4.96 Å². The lowest BCUT2D eigenvalue weighted by Crippen LogP contribution is -2.23. The smallest absolute Gasteiger partial charge is 0.266 e. The second kappa shape index (κ2) is 6.27. The molecule has 5 aromatic rings. The molecule has 0 aliphatic heterocycles. The average molecular weight is 410 g/mol. The van der Waals surface area contributed by atoms with Gasteiger partial charge in [0.15, 0.2) is 5.82 Å². The zero-order chi connectivity index (χ0) is 18.5. The molecule has 3 heterocycles. The number of rotatable bonds is 2. The molecule has 0 fully saturated rings. The van der Waals surface area contributed by atoms with E-state index in [-0.39, 0.29) is 5.56 Å². The second-order valence-corrected chi connectivity index (χ2v) is 8.64. The molecule has 0 aliphatic rings. The molecular formula is C20H12ClN3OS2. The van der Waals surface area contributed by atoms with Gasteiger partial charge in [0, 0.05) is 10.1 Å². The first kappa shape index (κ1) is 16.6. The number of halogens is 1. The van der Waals surface area contributed by atoms with Crippen LogP contribution in [0.1, 0.15) is 11.1 Å². The minimum Gasteiger partial charge on any atom is -0.266 e. The third-order valence-corrected chi connectivity index (χ3v) is 6.93. The van der Waals surface area contributed by atoms with E-state index in [4.69, 9.17) is 11.6 Å². The number of fused-ring (bicyclic) bond motifs is 2. The van der Waals surface area contributed by atoms with Crippen LogP contribution >= 0.6 is 34.3 Å². The first-order valence-electron chi connectivity index (χ1n) is 8.25. The van der Waals surface area contributed by atoms with Crippen molar-refractivity contribution in [1.29, 1.82) is 0 Å². The maximum Gasteiger partial charge on any atom is 0.291 e. The van der Waals surface area contributed by atoms with Gasteiger partial charge in [0.1, 0.15) is 0 Å². The monoisotopic (exact) mass is 409 g/mol. The van der Waals surface area contributed by atoms with Crippen molar-refractivity contribution in [3.63, 3.8) is 0 Å². The standard InChI is InChI=1S/C20H12ClN3OS2/c1-11-6-8-12(9-7-11)10-15-19(25)24-20(27-15)22-18(23-24)17-16(21)13-4-2-3-5-14(13)26-17/h2-10H,1H3/b15-10-. The Bertz CT molecular complexity index is 1410. The van der Waals surface area contributed by atoms with E-state index in [0.717, 1.165) is 20.5 Å². The van der Waals surface area contributed by atoms with Gasteiger partial charge in [0.05, 0.1) is 14.4 Å². The van der Waals surface area contributed by atoms with Crippen LogP contribution in [0, 0.1) is 6.92 Å². The number of hydrogen-bond acceptors (Lipinski definition) is 5. The maximum atomic E-state index is 12.7. The van der Waals surface area contributed by atoms with Gasteiger partial charge in [-0.3, -0.25) is 4.79 Å². The Hall–Kier alpha value is -2.54. The quantitative estimate of drug-likeness (QED) is 0.430. The van der Waals surface area contributed by atoms with Gasteiger partial charge >= 0.3 is 0 Å². The third-order valence-electron chi connectivity index (χ3n) is 4.29. The van der Waals surface area contributed by atoms with E-state index < -0.39 is 0 Å². The summed E-state index contributed by atoms with van der Waals surface area (Å²) in [5.74, 6) is 0.492. The van der Waals surface area contributed by atoms with Gasteiger partial charge in [-0.1, -0.05) is 71.0 Å². The van der Waals surface area contributed by atoms with Crippen molar-refractivity contribution in [1.82, 2.24) is 14.6 Å². The molecule has 3 aromatic heterocycles. The van der Waals surface area contributed by atoms with Gasteiger partial charge < -0.3 is 0 Å². The molecule has 5 rings (SSSR count). The second-order valence-electron chi connectivity index (χ2n) is 6.20. The Balaban J connectivity index is 1.64. The Labute approximate surface area is 167 Å². The summed E-state index contributed by atoms with van der Waals surface area (Å²) < 4.78 is 3.05. The van der Waals surface area contributed by atoms with E-state index in [2.05, 4.69) is 10.1 Å². The summed E-state index contributed by atoms with van der Waals surface area (Å²) in [7, 11) is 0. The molecule has 0 amide bonds. The molecule has 132 valence electrons. The fraction of sp³-hybridized carbons (Fsp3) is 0.0500. The fourth-order valence-corrected chi connectivity index (χ4v) is 5.25. The van der Waals surface area contributed by atoms with Crippen molar-refractivity contribution in [2.24, 2.45) is 0 Å². The maximum absolute atomic E-state index is 12.7. The lowest BCUT2D eigenvalue weighted by molar-refractivity contribution is 0.938. The van der Waals surface area contributed by atoms with Crippen molar-refractivity contribution in [3.8, 4) is 10.7 Å². The highest BCUT2D eigenvalue weighted by Crippen LogP contribution is 2.40. The van der Waals surface area contributed by atoms with Crippen LogP contribution in [0.25, 0.3) is 31.8 Å². The molecule has 0 N–H and O–H groups in total. The number of hydrogen-bond donors (Lipinski definition) is 0. The van der Waals surface area contributed by atoms with E-state index in [9.17, 15) is 4.79 Å². The van der Waals surface area contributed by atoms with Crippen molar-refractivity contribution in [3.05, 3.63) is 79.6 Å². The van der Waals surface area contributed by atoms with Crippen LogP contribution < -0.4 is 10.1 Å². The molecule has 0 bridgehead atoms. The van der Waals surface area contributed by atoms with E-state index in [1.54, 1.807) is 0 Å². The van der Waals surface area contributed by atoms with Crippen LogP contribution in [-0.2, 0) is 0 Å². The first-order chi connectivity index (χ1) is 13.1. The Morgan fingerprint density at radius 1 is 1.07 bits per heavy atom. The van der Waals surface area contributed by atoms with E-state index in [0.29, 0.717) is 20.3 Å². The van der Waals surface area contributed by atoms with Crippen LogP contribution in [0.2, 0.25) is 5.02 Å². The molecule has 7 heteroatoms. The summed E-state index contributed by atoms with van der Waals surface area (Å²) in [4.78, 5) is 18.6. The molecule has 0 aliphatic carbocycles. The summed E-state index contributed by atoms with van der Waals surface area (Å²) in [6, 6.07) is 15.9. The number of thiazole rings is 1. The van der Waals surface area contributed by atoms with Gasteiger partial charge in [0.25, 0.3) is 5.56 Å². The fourth-order valence-electron chi connectivity index (χ4n) is 2.90. The van der Waals surface area contributed by atoms with Gasteiger partial charge in [-0.15, -0.1) is 16.4 Å². The van der Waals surface area contributed by atoms with Crippen LogP contribution in [0.5, 0.6) is 0 Å². The summed E-state index contributed by atoms with van der Waals surface area (Å²) in [6.45, 7) is 2.03. The summed E-state index contributed by atoms with van der Waals surface area (Å²) in [5.41, 5.74) is 2.00. The number of thiophene rings is 1. The molecule has 0 unspecified atom stereocenters. The molecule has 0 atom stereocenters. The van der Waals surface area contributed by atoms with Crippen molar-refractivity contribution >= 4 is 55.4 Å². The van der Waals surface area contributed by atoms with Gasteiger partial charge in [-0.2, -0.15) is 9.50 Å². The highest BCUT2D eigenvalue weighted by Gasteiger charge is 2.18. The minimum atomic E-state index is -0.161. The van der Waals surface area contributed by atoms with E-state index in [1.165, 1.54) is 32.8 Å². The molecule has 0 spiro atoms. The molecule has 4 nitrogen and oxygen atoms in total. The first-order valence-corrected chi connectivity index (χ1v) is 10.3. The Kier molecular flexibility index (Phi) is 3.86. The zero-order valence-electron chi connectivity index (χ0n) is 14.1. The molecular weight excluding hydrogens is 398 g/mol. The molecule has 0 saturated carbocycles. The molecule has 2 aromatic carbocycles. The number of aryl methyl sites for hydroxylation is 1. The SMILES string of the molecule is Cc1ccc(/C=c2\sc3nc(-c4sc5ccccc5c4Cl)nn3c2=O)cc1. The van der Waals surface area contributed by atoms with Crippen molar-refractivity contribution in [2.75, 3.05) is 0 Å². The lowest BCUT2D eigenvalue weighted by Gasteiger charge is -1.92. The predicted octanol–water partition coefficient (Wildman–Crippen LogP) is 4.54. The highest BCUT2D eigenvalue weighted by molar-refractivity contribution is 7.23. The van der Waals surface area contributed by atoms with Gasteiger partial charge in [-0.05, 0) is 24.6 Å². The summed E-state index contributed by atoms with van der Waals surface area (Å²) >= 11 is 9.39.